The maximum atomic E-state index is 13.3. The molecular weight excluding hydrogens is 435 g/mol. The van der Waals surface area contributed by atoms with Crippen molar-refractivity contribution in [3.05, 3.63) is 87.0 Å². The number of carbonyl (C=O) groups excluding carboxylic acids is 1. The van der Waals surface area contributed by atoms with Gasteiger partial charge in [-0.25, -0.2) is 4.39 Å². The third kappa shape index (κ3) is 4.31. The third-order valence-electron chi connectivity index (χ3n) is 4.88. The minimum absolute atomic E-state index is 0.0748. The highest BCUT2D eigenvalue weighted by molar-refractivity contribution is 6.31. The summed E-state index contributed by atoms with van der Waals surface area (Å²) in [5.74, 6) is -0.624. The first-order valence-corrected chi connectivity index (χ1v) is 10.1. The van der Waals surface area contributed by atoms with Crippen LogP contribution < -0.4 is 10.9 Å². The summed E-state index contributed by atoms with van der Waals surface area (Å²) >= 11 is 5.76. The Morgan fingerprint density at radius 1 is 1.16 bits per heavy atom. The smallest absolute Gasteiger partial charge is 0.264 e. The van der Waals surface area contributed by atoms with E-state index in [0.717, 1.165) is 11.6 Å². The summed E-state index contributed by atoms with van der Waals surface area (Å²) in [4.78, 5) is 30.1. The van der Waals surface area contributed by atoms with Gasteiger partial charge in [0, 0.05) is 16.9 Å². The second-order valence-electron chi connectivity index (χ2n) is 7.20. The first-order chi connectivity index (χ1) is 15.3. The lowest BCUT2D eigenvalue weighted by Gasteiger charge is -2.13. The highest BCUT2D eigenvalue weighted by Gasteiger charge is 2.20. The van der Waals surface area contributed by atoms with Gasteiger partial charge in [-0.1, -0.05) is 47.1 Å². The molecule has 0 bridgehead atoms. The molecule has 4 rings (SSSR count). The minimum atomic E-state index is -0.589. The van der Waals surface area contributed by atoms with E-state index < -0.39 is 17.3 Å². The quantitative estimate of drug-likeness (QED) is 0.477. The number of nitrogens with one attached hydrogen (secondary N) is 1. The van der Waals surface area contributed by atoms with Crippen LogP contribution in [-0.2, 0) is 11.3 Å². The molecule has 1 amide bonds. The molecule has 0 aliphatic heterocycles. The molecule has 0 aliphatic carbocycles. The van der Waals surface area contributed by atoms with E-state index >= 15 is 0 Å². The number of aromatic nitrogens is 3. The molecule has 0 radical (unpaired) electrons. The van der Waals surface area contributed by atoms with Gasteiger partial charge in [0.1, 0.15) is 17.9 Å². The number of carbonyl (C=O) groups is 1. The van der Waals surface area contributed by atoms with Crippen LogP contribution in [0.25, 0.3) is 22.8 Å². The summed E-state index contributed by atoms with van der Waals surface area (Å²) < 4.78 is 20.0. The monoisotopic (exact) mass is 452 g/mol. The lowest BCUT2D eigenvalue weighted by molar-refractivity contribution is -0.116. The Bertz CT molecular complexity index is 1370. The van der Waals surface area contributed by atoms with Gasteiger partial charge >= 0.3 is 0 Å². The zero-order chi connectivity index (χ0) is 22.8. The molecule has 4 aromatic rings. The Labute approximate surface area is 187 Å². The minimum Gasteiger partial charge on any atom is -0.333 e. The number of nitrogens with zero attached hydrogens (tertiary/aromatic N) is 3. The molecule has 0 fully saturated rings. The number of pyridine rings is 1. The maximum Gasteiger partial charge on any atom is 0.264 e. The highest BCUT2D eigenvalue weighted by Crippen LogP contribution is 2.23. The molecule has 7 nitrogen and oxygen atoms in total. The number of aryl methyl sites for hydroxylation is 2. The Morgan fingerprint density at radius 2 is 1.91 bits per heavy atom. The van der Waals surface area contributed by atoms with Crippen molar-refractivity contribution in [3.8, 4) is 22.8 Å². The fourth-order valence-corrected chi connectivity index (χ4v) is 3.51. The van der Waals surface area contributed by atoms with Crippen molar-refractivity contribution in [2.45, 2.75) is 20.4 Å². The zero-order valence-electron chi connectivity index (χ0n) is 17.2. The van der Waals surface area contributed by atoms with Crippen molar-refractivity contribution in [1.82, 2.24) is 14.7 Å². The van der Waals surface area contributed by atoms with E-state index in [1.165, 1.54) is 16.7 Å². The van der Waals surface area contributed by atoms with Crippen LogP contribution >= 0.6 is 11.6 Å². The molecule has 2 heterocycles. The van der Waals surface area contributed by atoms with Crippen molar-refractivity contribution in [3.63, 3.8) is 0 Å². The number of benzene rings is 2. The van der Waals surface area contributed by atoms with E-state index in [4.69, 9.17) is 16.1 Å². The number of hydrogen-bond acceptors (Lipinski definition) is 5. The SMILES string of the molecule is Cc1cc(C)n(CC(=O)Nc2ccc(F)c(Cl)c2)c(=O)c1-c1nc(-c2ccccc2)no1. The molecular formula is C23H18ClFN4O3. The van der Waals surface area contributed by atoms with Gasteiger partial charge in [0.15, 0.2) is 0 Å². The number of rotatable bonds is 5. The van der Waals surface area contributed by atoms with E-state index in [2.05, 4.69) is 15.5 Å². The fourth-order valence-electron chi connectivity index (χ4n) is 3.33. The zero-order valence-corrected chi connectivity index (χ0v) is 18.0. The normalized spacial score (nSPS) is 10.9. The molecule has 0 aliphatic rings. The molecule has 0 saturated heterocycles. The largest absolute Gasteiger partial charge is 0.333 e. The van der Waals surface area contributed by atoms with E-state index in [-0.39, 0.29) is 23.0 Å². The van der Waals surface area contributed by atoms with Gasteiger partial charge in [-0.2, -0.15) is 4.98 Å². The number of halogens is 2. The van der Waals surface area contributed by atoms with Crippen LogP contribution in [0.3, 0.4) is 0 Å². The molecule has 32 heavy (non-hydrogen) atoms. The first-order valence-electron chi connectivity index (χ1n) is 9.69. The van der Waals surface area contributed by atoms with Crippen LogP contribution in [-0.4, -0.2) is 20.6 Å². The Hall–Kier alpha value is -3.78. The molecule has 162 valence electrons. The number of hydrogen-bond donors (Lipinski definition) is 1. The number of amides is 1. The molecule has 0 saturated carbocycles. The Balaban J connectivity index is 1.64. The maximum absolute atomic E-state index is 13.3. The summed E-state index contributed by atoms with van der Waals surface area (Å²) in [5, 5.41) is 6.47. The van der Waals surface area contributed by atoms with Crippen molar-refractivity contribution in [2.75, 3.05) is 5.32 Å². The summed E-state index contributed by atoms with van der Waals surface area (Å²) in [6.45, 7) is 3.23. The van der Waals surface area contributed by atoms with Crippen molar-refractivity contribution >= 4 is 23.2 Å². The topological polar surface area (TPSA) is 90.0 Å². The van der Waals surface area contributed by atoms with Gasteiger partial charge in [-0.15, -0.1) is 0 Å². The third-order valence-corrected chi connectivity index (χ3v) is 5.17. The van der Waals surface area contributed by atoms with Crippen LogP contribution in [0, 0.1) is 19.7 Å². The van der Waals surface area contributed by atoms with Crippen LogP contribution in [0.5, 0.6) is 0 Å². The van der Waals surface area contributed by atoms with Gasteiger partial charge in [0.2, 0.25) is 11.7 Å². The fraction of sp³-hybridized carbons (Fsp3) is 0.130. The number of anilines is 1. The van der Waals surface area contributed by atoms with Gasteiger partial charge < -0.3 is 14.4 Å². The van der Waals surface area contributed by atoms with Crippen LogP contribution in [0.4, 0.5) is 10.1 Å². The molecule has 1 N–H and O–H groups in total. The van der Waals surface area contributed by atoms with Crippen molar-refractivity contribution in [1.29, 1.82) is 0 Å². The van der Waals surface area contributed by atoms with Gasteiger partial charge in [0.25, 0.3) is 11.4 Å². The van der Waals surface area contributed by atoms with Crippen molar-refractivity contribution < 1.29 is 13.7 Å². The Kier molecular flexibility index (Phi) is 5.87. The summed E-state index contributed by atoms with van der Waals surface area (Å²) in [6.07, 6.45) is 0. The van der Waals surface area contributed by atoms with Gasteiger partial charge in [-0.3, -0.25) is 9.59 Å². The van der Waals surface area contributed by atoms with E-state index in [9.17, 15) is 14.0 Å². The van der Waals surface area contributed by atoms with Crippen molar-refractivity contribution in [2.24, 2.45) is 0 Å². The van der Waals surface area contributed by atoms with Crippen LogP contribution in [0.1, 0.15) is 11.3 Å². The second kappa shape index (κ2) is 8.76. The van der Waals surface area contributed by atoms with E-state index in [1.807, 2.05) is 30.3 Å². The predicted molar refractivity (Wildman–Crippen MR) is 119 cm³/mol. The summed E-state index contributed by atoms with van der Waals surface area (Å²) in [5.41, 5.74) is 2.11. The lowest BCUT2D eigenvalue weighted by Crippen LogP contribution is -2.30. The first kappa shape index (κ1) is 21.5. The van der Waals surface area contributed by atoms with Crippen LogP contribution in [0.15, 0.2) is 63.9 Å². The lowest BCUT2D eigenvalue weighted by atomic mass is 10.1. The van der Waals surface area contributed by atoms with E-state index in [0.29, 0.717) is 22.8 Å². The predicted octanol–water partition coefficient (Wildman–Crippen LogP) is 4.61. The average Bonchev–Trinajstić information content (AvgIpc) is 3.24. The highest BCUT2D eigenvalue weighted by atomic mass is 35.5. The molecule has 0 spiro atoms. The Morgan fingerprint density at radius 3 is 2.62 bits per heavy atom. The second-order valence-corrected chi connectivity index (χ2v) is 7.61. The van der Waals surface area contributed by atoms with Gasteiger partial charge in [0.05, 0.1) is 5.02 Å². The molecule has 0 atom stereocenters. The van der Waals surface area contributed by atoms with Crippen LogP contribution in [0.2, 0.25) is 5.02 Å². The molecule has 9 heteroatoms. The average molecular weight is 453 g/mol. The molecule has 0 unspecified atom stereocenters. The van der Waals surface area contributed by atoms with Gasteiger partial charge in [-0.05, 0) is 43.7 Å². The summed E-state index contributed by atoms with van der Waals surface area (Å²) in [7, 11) is 0. The summed E-state index contributed by atoms with van der Waals surface area (Å²) in [6, 6.07) is 14.8. The molecule has 2 aromatic heterocycles. The standard InChI is InChI=1S/C23H18ClFN4O3/c1-13-10-14(2)29(12-19(30)26-16-8-9-18(25)17(24)11-16)23(31)20(13)22-27-21(28-32-22)15-6-4-3-5-7-15/h3-11H,12H2,1-2H3,(H,26,30). The van der Waals surface area contributed by atoms with E-state index in [1.54, 1.807) is 19.9 Å². The molecule has 2 aromatic carbocycles.